The van der Waals surface area contributed by atoms with Crippen molar-refractivity contribution in [3.05, 3.63) is 54.6 Å². The zero-order valence-electron chi connectivity index (χ0n) is 17.4. The molecule has 1 heterocycles. The Morgan fingerprint density at radius 1 is 0.967 bits per heavy atom. The second kappa shape index (κ2) is 11.7. The normalized spacial score (nSPS) is 14.5. The first-order valence-corrected chi connectivity index (χ1v) is 11.1. The molecule has 2 N–H and O–H groups in total. The number of benzene rings is 2. The number of anilines is 2. The number of ether oxygens (including phenoxy) is 1. The van der Waals surface area contributed by atoms with Gasteiger partial charge in [-0.25, -0.2) is 9.10 Å². The number of thiol groups is 1. The van der Waals surface area contributed by atoms with E-state index in [1.165, 1.54) is 25.1 Å². The van der Waals surface area contributed by atoms with Gasteiger partial charge in [0.1, 0.15) is 5.75 Å². The van der Waals surface area contributed by atoms with Crippen LogP contribution in [0.3, 0.4) is 0 Å². The number of carbonyl (C=O) groups excluding carboxylic acids is 1. The number of para-hydroxylation sites is 1. The first-order chi connectivity index (χ1) is 14.6. The summed E-state index contributed by atoms with van der Waals surface area (Å²) in [5.41, 5.74) is 7.18. The molecule has 6 nitrogen and oxygen atoms in total. The Morgan fingerprint density at radius 2 is 1.70 bits per heavy atom. The Bertz CT molecular complexity index is 782. The van der Waals surface area contributed by atoms with Crippen LogP contribution in [-0.4, -0.2) is 50.3 Å². The van der Waals surface area contributed by atoms with Crippen LogP contribution < -0.4 is 19.7 Å². The Hall–Kier alpha value is -2.38. The van der Waals surface area contributed by atoms with Gasteiger partial charge in [-0.2, -0.15) is 0 Å². The average Bonchev–Trinajstić information content (AvgIpc) is 2.79. The molecule has 30 heavy (non-hydrogen) atoms. The molecule has 1 fully saturated rings. The van der Waals surface area contributed by atoms with Gasteiger partial charge in [-0.15, -0.1) is 0 Å². The highest BCUT2D eigenvalue weighted by Gasteiger charge is 2.16. The topological polar surface area (TPSA) is 62.0 Å². The van der Waals surface area contributed by atoms with E-state index >= 15 is 0 Å². The van der Waals surface area contributed by atoms with Gasteiger partial charge in [0.25, 0.3) is 0 Å². The standard InChI is InChI=1S/C23H32N4O2S/c24-23(28)27(30)21-11-8-12-22(19-21)29-18-7-2-1-6-13-25-14-16-26(17-15-25)20-9-4-3-5-10-20/h3-5,8-12,19,30H,1-2,6-7,13-18H2,(H2,24,28). The molecule has 2 aromatic rings. The Labute approximate surface area is 185 Å². The minimum Gasteiger partial charge on any atom is -0.494 e. The number of amides is 2. The number of urea groups is 1. The van der Waals surface area contributed by atoms with Gasteiger partial charge in [0, 0.05) is 37.9 Å². The summed E-state index contributed by atoms with van der Waals surface area (Å²) in [6, 6.07) is 17.3. The molecular weight excluding hydrogens is 396 g/mol. The minimum atomic E-state index is -0.614. The average molecular weight is 429 g/mol. The van der Waals surface area contributed by atoms with E-state index in [1.807, 2.05) is 12.1 Å². The largest absolute Gasteiger partial charge is 0.494 e. The fourth-order valence-corrected chi connectivity index (χ4v) is 3.81. The van der Waals surface area contributed by atoms with E-state index in [0.717, 1.165) is 49.1 Å². The molecular formula is C23H32N4O2S. The molecule has 1 aliphatic heterocycles. The molecule has 2 amide bonds. The molecule has 0 saturated carbocycles. The first-order valence-electron chi connectivity index (χ1n) is 10.7. The monoisotopic (exact) mass is 428 g/mol. The predicted octanol–water partition coefficient (Wildman–Crippen LogP) is 4.18. The SMILES string of the molecule is NC(=O)N(S)c1cccc(OCCCCCCN2CCN(c3ccccc3)CC2)c1. The summed E-state index contributed by atoms with van der Waals surface area (Å²) in [5, 5.41) is 0. The van der Waals surface area contributed by atoms with Crippen LogP contribution >= 0.6 is 12.8 Å². The van der Waals surface area contributed by atoms with Crippen LogP contribution in [0.5, 0.6) is 5.75 Å². The molecule has 1 aliphatic rings. The Kier molecular flexibility index (Phi) is 8.71. The number of carbonyl (C=O) groups is 1. The van der Waals surface area contributed by atoms with E-state index in [-0.39, 0.29) is 0 Å². The Morgan fingerprint density at radius 3 is 2.43 bits per heavy atom. The number of nitrogens with zero attached hydrogens (tertiary/aromatic N) is 3. The maximum absolute atomic E-state index is 11.2. The van der Waals surface area contributed by atoms with E-state index in [1.54, 1.807) is 12.1 Å². The molecule has 3 rings (SSSR count). The van der Waals surface area contributed by atoms with Gasteiger partial charge in [-0.3, -0.25) is 4.90 Å². The van der Waals surface area contributed by atoms with Crippen LogP contribution in [0.25, 0.3) is 0 Å². The molecule has 0 aromatic heterocycles. The number of piperazine rings is 1. The van der Waals surface area contributed by atoms with Gasteiger partial charge in [0.05, 0.1) is 12.3 Å². The lowest BCUT2D eigenvalue weighted by atomic mass is 10.2. The molecule has 7 heteroatoms. The van der Waals surface area contributed by atoms with Crippen molar-refractivity contribution in [1.82, 2.24) is 4.90 Å². The number of rotatable bonds is 10. The van der Waals surface area contributed by atoms with E-state index in [0.29, 0.717) is 12.3 Å². The number of hydrogen-bond acceptors (Lipinski definition) is 5. The van der Waals surface area contributed by atoms with Gasteiger partial charge >= 0.3 is 6.03 Å². The molecule has 0 unspecified atom stereocenters. The smallest absolute Gasteiger partial charge is 0.329 e. The van der Waals surface area contributed by atoms with Crippen molar-refractivity contribution in [2.45, 2.75) is 25.7 Å². The summed E-state index contributed by atoms with van der Waals surface area (Å²) in [7, 11) is 0. The Balaban J connectivity index is 1.25. The van der Waals surface area contributed by atoms with Crippen LogP contribution in [0, 0.1) is 0 Å². The summed E-state index contributed by atoms with van der Waals surface area (Å²) in [6.45, 7) is 6.34. The van der Waals surface area contributed by atoms with Gasteiger partial charge in [0.2, 0.25) is 0 Å². The molecule has 1 saturated heterocycles. The fourth-order valence-electron chi connectivity index (χ4n) is 3.68. The minimum absolute atomic E-state index is 0.607. The van der Waals surface area contributed by atoms with Crippen molar-refractivity contribution < 1.29 is 9.53 Å². The van der Waals surface area contributed by atoms with E-state index in [9.17, 15) is 4.79 Å². The van der Waals surface area contributed by atoms with Gasteiger partial charge < -0.3 is 15.4 Å². The zero-order chi connectivity index (χ0) is 21.2. The first kappa shape index (κ1) is 22.3. The van der Waals surface area contributed by atoms with Crippen molar-refractivity contribution in [3.8, 4) is 5.75 Å². The highest BCUT2D eigenvalue weighted by atomic mass is 32.1. The number of unbranched alkanes of at least 4 members (excludes halogenated alkanes) is 3. The predicted molar refractivity (Wildman–Crippen MR) is 127 cm³/mol. The zero-order valence-corrected chi connectivity index (χ0v) is 18.3. The molecule has 0 bridgehead atoms. The van der Waals surface area contributed by atoms with E-state index in [4.69, 9.17) is 10.5 Å². The van der Waals surface area contributed by atoms with E-state index in [2.05, 4.69) is 52.9 Å². The van der Waals surface area contributed by atoms with Crippen molar-refractivity contribution in [2.75, 3.05) is 48.5 Å². The maximum Gasteiger partial charge on any atom is 0.329 e. The second-order valence-corrected chi connectivity index (χ2v) is 7.97. The van der Waals surface area contributed by atoms with Gasteiger partial charge in [0.15, 0.2) is 0 Å². The van der Waals surface area contributed by atoms with Crippen molar-refractivity contribution >= 4 is 30.2 Å². The van der Waals surface area contributed by atoms with Crippen molar-refractivity contribution in [1.29, 1.82) is 0 Å². The highest BCUT2D eigenvalue weighted by Crippen LogP contribution is 2.22. The maximum atomic E-state index is 11.2. The lowest BCUT2D eigenvalue weighted by Gasteiger charge is -2.36. The molecule has 162 valence electrons. The summed E-state index contributed by atoms with van der Waals surface area (Å²) in [4.78, 5) is 16.2. The quantitative estimate of drug-likeness (QED) is 0.440. The number of primary amides is 1. The molecule has 2 aromatic carbocycles. The van der Waals surface area contributed by atoms with Crippen molar-refractivity contribution in [2.24, 2.45) is 5.73 Å². The van der Waals surface area contributed by atoms with Gasteiger partial charge in [-0.1, -0.05) is 49.9 Å². The van der Waals surface area contributed by atoms with E-state index < -0.39 is 6.03 Å². The number of nitrogens with two attached hydrogens (primary N) is 1. The summed E-state index contributed by atoms with van der Waals surface area (Å²) in [6.07, 6.45) is 4.62. The van der Waals surface area contributed by atoms with Crippen LogP contribution in [0.15, 0.2) is 54.6 Å². The van der Waals surface area contributed by atoms with Crippen LogP contribution in [0.2, 0.25) is 0 Å². The summed E-state index contributed by atoms with van der Waals surface area (Å²) < 4.78 is 6.90. The van der Waals surface area contributed by atoms with Crippen LogP contribution in [0.4, 0.5) is 16.2 Å². The third kappa shape index (κ3) is 6.85. The third-order valence-electron chi connectivity index (χ3n) is 5.40. The highest BCUT2D eigenvalue weighted by molar-refractivity contribution is 7.82. The molecule has 0 radical (unpaired) electrons. The number of hydrogen-bond donors (Lipinski definition) is 2. The van der Waals surface area contributed by atoms with Crippen LogP contribution in [0.1, 0.15) is 25.7 Å². The molecule has 0 atom stereocenters. The lowest BCUT2D eigenvalue weighted by molar-refractivity contribution is 0.249. The summed E-state index contributed by atoms with van der Waals surface area (Å²) in [5.74, 6) is 0.726. The summed E-state index contributed by atoms with van der Waals surface area (Å²) >= 11 is 4.07. The molecule has 0 spiro atoms. The van der Waals surface area contributed by atoms with Gasteiger partial charge in [-0.05, 0) is 43.7 Å². The van der Waals surface area contributed by atoms with Crippen LogP contribution in [-0.2, 0) is 0 Å². The lowest BCUT2D eigenvalue weighted by Crippen LogP contribution is -2.46. The van der Waals surface area contributed by atoms with Crippen molar-refractivity contribution in [3.63, 3.8) is 0 Å². The fraction of sp³-hybridized carbons (Fsp3) is 0.435. The third-order valence-corrected chi connectivity index (χ3v) is 5.83. The second-order valence-electron chi connectivity index (χ2n) is 7.57. The molecule has 0 aliphatic carbocycles.